The van der Waals surface area contributed by atoms with Crippen molar-refractivity contribution in [2.24, 2.45) is 5.92 Å². The number of piperazine rings is 1. The number of likely N-dealkylation sites (tertiary alicyclic amines) is 1. The van der Waals surface area contributed by atoms with Crippen LogP contribution in [-0.4, -0.2) is 63.9 Å². The van der Waals surface area contributed by atoms with E-state index < -0.39 is 0 Å². The summed E-state index contributed by atoms with van der Waals surface area (Å²) in [4.78, 5) is 5.09. The summed E-state index contributed by atoms with van der Waals surface area (Å²) >= 11 is 0. The first-order valence-corrected chi connectivity index (χ1v) is 12.0. The van der Waals surface area contributed by atoms with Crippen LogP contribution in [0.1, 0.15) is 50.5 Å². The molecule has 5 nitrogen and oxygen atoms in total. The van der Waals surface area contributed by atoms with E-state index in [0.717, 1.165) is 57.5 Å². The minimum absolute atomic E-state index is 0. The van der Waals surface area contributed by atoms with Crippen molar-refractivity contribution in [3.63, 3.8) is 0 Å². The van der Waals surface area contributed by atoms with E-state index in [1.54, 1.807) is 0 Å². The largest absolute Gasteiger partial charge is 0.493 e. The van der Waals surface area contributed by atoms with Crippen molar-refractivity contribution in [2.45, 2.75) is 51.9 Å². The Morgan fingerprint density at radius 2 is 1.73 bits per heavy atom. The summed E-state index contributed by atoms with van der Waals surface area (Å²) in [5.74, 6) is 1.78. The lowest BCUT2D eigenvalue weighted by atomic mass is 9.90. The van der Waals surface area contributed by atoms with E-state index in [4.69, 9.17) is 4.74 Å². The fourth-order valence-electron chi connectivity index (χ4n) is 5.10. The molecule has 170 valence electrons. The molecule has 0 spiro atoms. The maximum atomic E-state index is 6.36. The van der Waals surface area contributed by atoms with Crippen LogP contribution in [0.3, 0.4) is 0 Å². The summed E-state index contributed by atoms with van der Waals surface area (Å²) in [7, 11) is 0. The lowest BCUT2D eigenvalue weighted by molar-refractivity contribution is 0.209. The smallest absolute Gasteiger partial charge is 0.123 e. The van der Waals surface area contributed by atoms with Gasteiger partial charge in [-0.25, -0.2) is 0 Å². The lowest BCUT2D eigenvalue weighted by Gasteiger charge is -2.32. The zero-order valence-corrected chi connectivity index (χ0v) is 19.6. The van der Waals surface area contributed by atoms with Gasteiger partial charge in [0.05, 0.1) is 6.61 Å². The Hall–Kier alpha value is -1.17. The number of hydrogen-bond acceptors (Lipinski definition) is 5. The van der Waals surface area contributed by atoms with Gasteiger partial charge in [-0.3, -0.25) is 0 Å². The molecule has 30 heavy (non-hydrogen) atoms. The second-order valence-corrected chi connectivity index (χ2v) is 9.14. The zero-order chi connectivity index (χ0) is 19.9. The standard InChI is InChI=1S/C24H40N4O.ClH/c1-20-23(26-11-14-27-12-5-6-13-27)17-22(29-19-21-7-3-2-4-8-21)18-24(20)28-15-9-25-10-16-28;/h17-18,21,25-26H,2-16,19H2,1H3;1H. The van der Waals surface area contributed by atoms with Crippen molar-refractivity contribution < 1.29 is 4.74 Å². The first-order valence-electron chi connectivity index (χ1n) is 12.0. The predicted octanol–water partition coefficient (Wildman–Crippen LogP) is 4.29. The van der Waals surface area contributed by atoms with Crippen LogP contribution in [0.5, 0.6) is 5.75 Å². The Morgan fingerprint density at radius 1 is 1.00 bits per heavy atom. The van der Waals surface area contributed by atoms with Crippen molar-refractivity contribution >= 4 is 23.8 Å². The van der Waals surface area contributed by atoms with Gasteiger partial charge in [-0.15, -0.1) is 12.4 Å². The summed E-state index contributed by atoms with van der Waals surface area (Å²) in [6.45, 7) is 12.1. The van der Waals surface area contributed by atoms with Crippen LogP contribution in [0, 0.1) is 12.8 Å². The molecule has 6 heteroatoms. The number of hydrogen-bond donors (Lipinski definition) is 2. The Balaban J connectivity index is 0.00000256. The van der Waals surface area contributed by atoms with Gasteiger partial charge in [0.25, 0.3) is 0 Å². The number of nitrogens with zero attached hydrogens (tertiary/aromatic N) is 2. The monoisotopic (exact) mass is 436 g/mol. The molecule has 1 aromatic rings. The lowest BCUT2D eigenvalue weighted by Crippen LogP contribution is -2.43. The molecule has 2 N–H and O–H groups in total. The normalized spacial score (nSPS) is 20.8. The molecule has 3 aliphatic rings. The molecule has 0 radical (unpaired) electrons. The molecule has 1 aromatic carbocycles. The first-order chi connectivity index (χ1) is 14.3. The van der Waals surface area contributed by atoms with E-state index in [1.165, 1.54) is 75.0 Å². The number of rotatable bonds is 8. The number of halogens is 1. The SMILES string of the molecule is Cc1c(NCCN2CCCC2)cc(OCC2CCCCC2)cc1N1CCNCC1.Cl. The summed E-state index contributed by atoms with van der Waals surface area (Å²) in [5.41, 5.74) is 3.95. The van der Waals surface area contributed by atoms with E-state index in [-0.39, 0.29) is 12.4 Å². The van der Waals surface area contributed by atoms with E-state index in [2.05, 4.69) is 39.5 Å². The molecule has 1 aliphatic carbocycles. The molecule has 0 atom stereocenters. The van der Waals surface area contributed by atoms with Crippen molar-refractivity contribution in [3.05, 3.63) is 17.7 Å². The van der Waals surface area contributed by atoms with E-state index in [9.17, 15) is 0 Å². The van der Waals surface area contributed by atoms with E-state index >= 15 is 0 Å². The van der Waals surface area contributed by atoms with Gasteiger partial charge < -0.3 is 25.2 Å². The Bertz CT molecular complexity index is 638. The maximum absolute atomic E-state index is 6.36. The Labute approximate surface area is 189 Å². The summed E-state index contributed by atoms with van der Waals surface area (Å²) < 4.78 is 6.36. The molecule has 0 aromatic heterocycles. The number of anilines is 2. The van der Waals surface area contributed by atoms with Gasteiger partial charge in [0.2, 0.25) is 0 Å². The fraction of sp³-hybridized carbons (Fsp3) is 0.750. The summed E-state index contributed by atoms with van der Waals surface area (Å²) in [5, 5.41) is 7.21. The fourth-order valence-corrected chi connectivity index (χ4v) is 5.10. The average molecular weight is 437 g/mol. The molecule has 4 rings (SSSR count). The molecule has 0 unspecified atom stereocenters. The third-order valence-electron chi connectivity index (χ3n) is 6.96. The number of ether oxygens (including phenoxy) is 1. The van der Waals surface area contributed by atoms with Gasteiger partial charge >= 0.3 is 0 Å². The van der Waals surface area contributed by atoms with Crippen molar-refractivity contribution in [1.82, 2.24) is 10.2 Å². The minimum atomic E-state index is 0. The van der Waals surface area contributed by atoms with Crippen molar-refractivity contribution in [1.29, 1.82) is 0 Å². The van der Waals surface area contributed by atoms with Crippen LogP contribution < -0.4 is 20.3 Å². The first kappa shape index (κ1) is 23.5. The highest BCUT2D eigenvalue weighted by atomic mass is 35.5. The molecule has 3 fully saturated rings. The number of benzene rings is 1. The summed E-state index contributed by atoms with van der Waals surface area (Å²) in [6, 6.07) is 4.53. The number of nitrogens with one attached hydrogen (secondary N) is 2. The molecule has 0 bridgehead atoms. The van der Waals surface area contributed by atoms with Crippen molar-refractivity contribution in [2.75, 3.05) is 69.2 Å². The van der Waals surface area contributed by atoms with Gasteiger partial charge in [0, 0.05) is 62.8 Å². The van der Waals surface area contributed by atoms with Gasteiger partial charge in [0.1, 0.15) is 5.75 Å². The third-order valence-corrected chi connectivity index (χ3v) is 6.96. The highest BCUT2D eigenvalue weighted by molar-refractivity contribution is 5.85. The molecular formula is C24H41ClN4O. The van der Waals surface area contributed by atoms with Crippen molar-refractivity contribution in [3.8, 4) is 5.75 Å². The average Bonchev–Trinajstić information content (AvgIpc) is 3.29. The Kier molecular flexibility index (Phi) is 9.41. The quantitative estimate of drug-likeness (QED) is 0.636. The molecule has 2 saturated heterocycles. The minimum Gasteiger partial charge on any atom is -0.493 e. The van der Waals surface area contributed by atoms with Crippen LogP contribution in [0.15, 0.2) is 12.1 Å². The highest BCUT2D eigenvalue weighted by Gasteiger charge is 2.19. The Morgan fingerprint density at radius 3 is 2.47 bits per heavy atom. The van der Waals surface area contributed by atoms with E-state index in [1.807, 2.05) is 0 Å². The predicted molar refractivity (Wildman–Crippen MR) is 130 cm³/mol. The van der Waals surface area contributed by atoms with Crippen LogP contribution >= 0.6 is 12.4 Å². The second kappa shape index (κ2) is 12.0. The molecule has 2 heterocycles. The van der Waals surface area contributed by atoms with Crippen LogP contribution in [0.2, 0.25) is 0 Å². The van der Waals surface area contributed by atoms with Gasteiger partial charge in [-0.2, -0.15) is 0 Å². The van der Waals surface area contributed by atoms with Gasteiger partial charge in [0.15, 0.2) is 0 Å². The topological polar surface area (TPSA) is 39.8 Å². The summed E-state index contributed by atoms with van der Waals surface area (Å²) in [6.07, 6.45) is 9.52. The van der Waals surface area contributed by atoms with Crippen LogP contribution in [0.4, 0.5) is 11.4 Å². The third kappa shape index (κ3) is 6.41. The maximum Gasteiger partial charge on any atom is 0.123 e. The molecule has 1 saturated carbocycles. The molecule has 2 aliphatic heterocycles. The van der Waals surface area contributed by atoms with E-state index in [0.29, 0.717) is 0 Å². The molecular weight excluding hydrogens is 396 g/mol. The van der Waals surface area contributed by atoms with Crippen LogP contribution in [-0.2, 0) is 0 Å². The molecule has 0 amide bonds. The van der Waals surface area contributed by atoms with Crippen LogP contribution in [0.25, 0.3) is 0 Å². The van der Waals surface area contributed by atoms with Gasteiger partial charge in [-0.05, 0) is 57.2 Å². The zero-order valence-electron chi connectivity index (χ0n) is 18.8. The highest BCUT2D eigenvalue weighted by Crippen LogP contribution is 2.34. The van der Waals surface area contributed by atoms with Gasteiger partial charge in [-0.1, -0.05) is 19.3 Å². The second-order valence-electron chi connectivity index (χ2n) is 9.14.